The Morgan fingerprint density at radius 3 is 2.82 bits per heavy atom. The van der Waals surface area contributed by atoms with Gasteiger partial charge in [0.05, 0.1) is 11.4 Å². The first-order chi connectivity index (χ1) is 10.8. The van der Waals surface area contributed by atoms with Crippen LogP contribution in [0.4, 0.5) is 5.69 Å². The van der Waals surface area contributed by atoms with Gasteiger partial charge in [-0.15, -0.1) is 23.1 Å². The standard InChI is InChI=1S/C17H15N3S2/c1-20-8-9-21-16-3-2-13(10-15(16)20)14-11-22-17(19-14)12-4-6-18-7-5-12/h2-7,10-11H,8-9H2,1H3. The molecular weight excluding hydrogens is 310 g/mol. The Morgan fingerprint density at radius 2 is 1.95 bits per heavy atom. The van der Waals surface area contributed by atoms with Gasteiger partial charge in [-0.3, -0.25) is 4.98 Å². The van der Waals surface area contributed by atoms with E-state index >= 15 is 0 Å². The number of hydrogen-bond donors (Lipinski definition) is 0. The summed E-state index contributed by atoms with van der Waals surface area (Å²) in [7, 11) is 2.16. The number of anilines is 1. The van der Waals surface area contributed by atoms with E-state index in [2.05, 4.69) is 40.5 Å². The zero-order chi connectivity index (χ0) is 14.9. The van der Waals surface area contributed by atoms with Gasteiger partial charge in [0.2, 0.25) is 0 Å². The van der Waals surface area contributed by atoms with Crippen molar-refractivity contribution in [1.82, 2.24) is 9.97 Å². The Balaban J connectivity index is 1.71. The van der Waals surface area contributed by atoms with Crippen molar-refractivity contribution in [1.29, 1.82) is 0 Å². The molecule has 0 N–H and O–H groups in total. The predicted octanol–water partition coefficient (Wildman–Crippen LogP) is 4.41. The number of benzene rings is 1. The maximum Gasteiger partial charge on any atom is 0.124 e. The second-order valence-electron chi connectivity index (χ2n) is 5.23. The van der Waals surface area contributed by atoms with E-state index < -0.39 is 0 Å². The summed E-state index contributed by atoms with van der Waals surface area (Å²) in [4.78, 5) is 12.5. The highest BCUT2D eigenvalue weighted by Gasteiger charge is 2.16. The minimum absolute atomic E-state index is 1.04. The first-order valence-electron chi connectivity index (χ1n) is 7.15. The predicted molar refractivity (Wildman–Crippen MR) is 94.8 cm³/mol. The number of rotatable bonds is 2. The van der Waals surface area contributed by atoms with Crippen LogP contribution in [-0.2, 0) is 0 Å². The van der Waals surface area contributed by atoms with Gasteiger partial charge in [-0.2, -0.15) is 0 Å². The second kappa shape index (κ2) is 5.74. The zero-order valence-corrected chi connectivity index (χ0v) is 13.8. The first kappa shape index (κ1) is 13.8. The molecule has 0 atom stereocenters. The zero-order valence-electron chi connectivity index (χ0n) is 12.2. The van der Waals surface area contributed by atoms with E-state index in [4.69, 9.17) is 4.98 Å². The van der Waals surface area contributed by atoms with Crippen LogP contribution in [0.15, 0.2) is 53.0 Å². The Hall–Kier alpha value is -1.85. The highest BCUT2D eigenvalue weighted by atomic mass is 32.2. The normalized spacial score (nSPS) is 14.0. The van der Waals surface area contributed by atoms with Gasteiger partial charge in [0.15, 0.2) is 0 Å². The molecule has 1 aromatic carbocycles. The molecule has 0 saturated heterocycles. The molecule has 0 unspecified atom stereocenters. The number of pyridine rings is 1. The topological polar surface area (TPSA) is 29.0 Å². The lowest BCUT2D eigenvalue weighted by Crippen LogP contribution is -2.24. The summed E-state index contributed by atoms with van der Waals surface area (Å²) in [6, 6.07) is 10.7. The van der Waals surface area contributed by atoms with Crippen molar-refractivity contribution in [2.75, 3.05) is 24.2 Å². The lowest BCUT2D eigenvalue weighted by Gasteiger charge is -2.27. The molecule has 3 nitrogen and oxygen atoms in total. The molecule has 110 valence electrons. The van der Waals surface area contributed by atoms with E-state index in [1.54, 1.807) is 11.3 Å². The van der Waals surface area contributed by atoms with Gasteiger partial charge in [-0.25, -0.2) is 4.98 Å². The summed E-state index contributed by atoms with van der Waals surface area (Å²) in [6.07, 6.45) is 3.61. The molecule has 1 aliphatic heterocycles. The molecule has 4 rings (SSSR count). The van der Waals surface area contributed by atoms with Crippen molar-refractivity contribution in [2.24, 2.45) is 0 Å². The molecule has 0 amide bonds. The average molecular weight is 325 g/mol. The van der Waals surface area contributed by atoms with E-state index in [1.807, 2.05) is 36.3 Å². The molecular formula is C17H15N3S2. The van der Waals surface area contributed by atoms with E-state index in [-0.39, 0.29) is 0 Å². The highest BCUT2D eigenvalue weighted by molar-refractivity contribution is 7.99. The van der Waals surface area contributed by atoms with Gasteiger partial charge in [0, 0.05) is 53.1 Å². The van der Waals surface area contributed by atoms with Gasteiger partial charge < -0.3 is 4.90 Å². The van der Waals surface area contributed by atoms with Gasteiger partial charge >= 0.3 is 0 Å². The lowest BCUT2D eigenvalue weighted by atomic mass is 10.1. The van der Waals surface area contributed by atoms with E-state index in [0.717, 1.165) is 28.6 Å². The number of nitrogens with zero attached hydrogens (tertiary/aromatic N) is 3. The summed E-state index contributed by atoms with van der Waals surface area (Å²) in [5.74, 6) is 1.16. The van der Waals surface area contributed by atoms with Crippen LogP contribution >= 0.6 is 23.1 Å². The molecule has 5 heteroatoms. The summed E-state index contributed by atoms with van der Waals surface area (Å²) >= 11 is 3.61. The number of hydrogen-bond acceptors (Lipinski definition) is 5. The number of thiazole rings is 1. The molecule has 0 bridgehead atoms. The van der Waals surface area contributed by atoms with Gasteiger partial charge in [0.1, 0.15) is 5.01 Å². The van der Waals surface area contributed by atoms with Crippen molar-refractivity contribution < 1.29 is 0 Å². The van der Waals surface area contributed by atoms with Crippen LogP contribution in [0.1, 0.15) is 0 Å². The molecule has 0 spiro atoms. The third kappa shape index (κ3) is 2.51. The van der Waals surface area contributed by atoms with E-state index in [0.29, 0.717) is 0 Å². The van der Waals surface area contributed by atoms with E-state index in [9.17, 15) is 0 Å². The molecule has 0 saturated carbocycles. The number of fused-ring (bicyclic) bond motifs is 1. The quantitative estimate of drug-likeness (QED) is 0.698. The summed E-state index contributed by atoms with van der Waals surface area (Å²) < 4.78 is 0. The minimum atomic E-state index is 1.04. The lowest BCUT2D eigenvalue weighted by molar-refractivity contribution is 0.944. The Labute approximate surface area is 138 Å². The molecule has 2 aromatic heterocycles. The number of aromatic nitrogens is 2. The minimum Gasteiger partial charge on any atom is -0.373 e. The first-order valence-corrected chi connectivity index (χ1v) is 9.02. The molecule has 0 aliphatic carbocycles. The van der Waals surface area contributed by atoms with Crippen molar-refractivity contribution in [2.45, 2.75) is 4.90 Å². The van der Waals surface area contributed by atoms with Crippen molar-refractivity contribution in [3.05, 3.63) is 48.1 Å². The maximum atomic E-state index is 4.79. The fraction of sp³-hybridized carbons (Fsp3) is 0.176. The van der Waals surface area contributed by atoms with Crippen LogP contribution in [0.5, 0.6) is 0 Å². The monoisotopic (exact) mass is 325 g/mol. The smallest absolute Gasteiger partial charge is 0.124 e. The largest absolute Gasteiger partial charge is 0.373 e. The molecule has 0 radical (unpaired) electrons. The van der Waals surface area contributed by atoms with Crippen molar-refractivity contribution in [3.63, 3.8) is 0 Å². The van der Waals surface area contributed by atoms with Crippen molar-refractivity contribution in [3.8, 4) is 21.8 Å². The third-order valence-electron chi connectivity index (χ3n) is 3.78. The summed E-state index contributed by atoms with van der Waals surface area (Å²) in [5.41, 5.74) is 4.66. The third-order valence-corrected chi connectivity index (χ3v) is 5.72. The van der Waals surface area contributed by atoms with Crippen LogP contribution in [0, 0.1) is 0 Å². The fourth-order valence-corrected chi connectivity index (χ4v) is 4.49. The van der Waals surface area contributed by atoms with Crippen molar-refractivity contribution >= 4 is 28.8 Å². The van der Waals surface area contributed by atoms with Gasteiger partial charge in [0.25, 0.3) is 0 Å². The SMILES string of the molecule is CN1CCSc2ccc(-c3csc(-c4ccncc4)n3)cc21. The Morgan fingerprint density at radius 1 is 1.09 bits per heavy atom. The molecule has 22 heavy (non-hydrogen) atoms. The van der Waals surface area contributed by atoms with Gasteiger partial charge in [-0.1, -0.05) is 6.07 Å². The Bertz CT molecular complexity index is 799. The fourth-order valence-electron chi connectivity index (χ4n) is 2.54. The molecule has 1 aliphatic rings. The molecule has 3 aromatic rings. The second-order valence-corrected chi connectivity index (χ2v) is 7.22. The Kier molecular flexibility index (Phi) is 3.60. The average Bonchev–Trinajstić information content (AvgIpc) is 3.06. The van der Waals surface area contributed by atoms with Crippen LogP contribution in [0.3, 0.4) is 0 Å². The van der Waals surface area contributed by atoms with Gasteiger partial charge in [-0.05, 0) is 24.3 Å². The highest BCUT2D eigenvalue weighted by Crippen LogP contribution is 2.37. The summed E-state index contributed by atoms with van der Waals surface area (Å²) in [6.45, 7) is 1.10. The van der Waals surface area contributed by atoms with Crippen LogP contribution < -0.4 is 4.90 Å². The molecule has 0 fully saturated rings. The molecule has 3 heterocycles. The van der Waals surface area contributed by atoms with Crippen LogP contribution in [0.2, 0.25) is 0 Å². The van der Waals surface area contributed by atoms with E-state index in [1.165, 1.54) is 16.1 Å². The number of thioether (sulfide) groups is 1. The maximum absolute atomic E-state index is 4.79. The summed E-state index contributed by atoms with van der Waals surface area (Å²) in [5, 5.41) is 3.17. The van der Waals surface area contributed by atoms with Crippen LogP contribution in [-0.4, -0.2) is 29.3 Å². The van der Waals surface area contributed by atoms with Crippen LogP contribution in [0.25, 0.3) is 21.8 Å².